The summed E-state index contributed by atoms with van der Waals surface area (Å²) < 4.78 is 10.2. The highest BCUT2D eigenvalue weighted by molar-refractivity contribution is 6.31. The number of nitro groups is 1. The van der Waals surface area contributed by atoms with Crippen LogP contribution in [0.5, 0.6) is 5.75 Å². The van der Waals surface area contributed by atoms with E-state index in [4.69, 9.17) is 9.47 Å². The van der Waals surface area contributed by atoms with Crippen molar-refractivity contribution in [3.05, 3.63) is 69.8 Å². The Morgan fingerprint density at radius 1 is 1.23 bits per heavy atom. The highest BCUT2D eigenvalue weighted by Gasteiger charge is 2.34. The number of ether oxygens (including phenoxy) is 2. The maximum atomic E-state index is 12.7. The molecule has 1 aliphatic heterocycles. The number of nitro benzene ring substituents is 1. The zero-order chi connectivity index (χ0) is 22.5. The monoisotopic (exact) mass is 425 g/mol. The molecule has 1 aliphatic rings. The van der Waals surface area contributed by atoms with Gasteiger partial charge in [0.15, 0.2) is 11.9 Å². The Morgan fingerprint density at radius 2 is 1.94 bits per heavy atom. The number of nitrogens with one attached hydrogen (secondary N) is 1. The Hall–Kier alpha value is -4.21. The van der Waals surface area contributed by atoms with E-state index in [0.29, 0.717) is 5.69 Å². The van der Waals surface area contributed by atoms with E-state index in [-0.39, 0.29) is 23.5 Å². The fraction of sp³-hybridized carbons (Fsp3) is 0.190. The van der Waals surface area contributed by atoms with E-state index in [2.05, 4.69) is 5.43 Å². The summed E-state index contributed by atoms with van der Waals surface area (Å²) in [7, 11) is 0. The van der Waals surface area contributed by atoms with Gasteiger partial charge in [-0.25, -0.2) is 9.80 Å². The van der Waals surface area contributed by atoms with E-state index in [1.807, 2.05) is 0 Å². The molecule has 1 atom stereocenters. The summed E-state index contributed by atoms with van der Waals surface area (Å²) in [6.07, 6.45) is 0.205. The normalized spacial score (nSPS) is 15.5. The Kier molecular flexibility index (Phi) is 6.29. The van der Waals surface area contributed by atoms with Gasteiger partial charge in [-0.15, -0.1) is 0 Å². The van der Waals surface area contributed by atoms with Crippen LogP contribution >= 0.6 is 0 Å². The number of amides is 2. The molecule has 2 aromatic rings. The molecule has 10 heteroatoms. The van der Waals surface area contributed by atoms with Gasteiger partial charge in [-0.1, -0.05) is 24.3 Å². The number of carbonyl (C=O) groups is 3. The van der Waals surface area contributed by atoms with Crippen LogP contribution in [0.15, 0.2) is 54.1 Å². The quantitative estimate of drug-likeness (QED) is 0.237. The second-order valence-electron chi connectivity index (χ2n) is 6.47. The van der Waals surface area contributed by atoms with Crippen molar-refractivity contribution in [2.24, 2.45) is 0 Å². The van der Waals surface area contributed by atoms with Gasteiger partial charge < -0.3 is 9.47 Å². The Morgan fingerprint density at radius 3 is 2.58 bits per heavy atom. The molecule has 0 saturated carbocycles. The molecule has 1 heterocycles. The molecule has 1 unspecified atom stereocenters. The minimum Gasteiger partial charge on any atom is -0.472 e. The van der Waals surface area contributed by atoms with Gasteiger partial charge >= 0.3 is 11.7 Å². The molecule has 1 N–H and O–H groups in total. The van der Waals surface area contributed by atoms with Crippen LogP contribution in [-0.2, 0) is 19.1 Å². The number of rotatable bonds is 7. The fourth-order valence-electron chi connectivity index (χ4n) is 2.85. The molecule has 0 spiro atoms. The van der Waals surface area contributed by atoms with Crippen LogP contribution in [0.1, 0.15) is 19.4 Å². The number of anilines is 1. The number of esters is 1. The lowest BCUT2D eigenvalue weighted by molar-refractivity contribution is -0.386. The van der Waals surface area contributed by atoms with Gasteiger partial charge in [-0.05, 0) is 43.7 Å². The molecule has 2 aromatic carbocycles. The average molecular weight is 425 g/mol. The van der Waals surface area contributed by atoms with Crippen molar-refractivity contribution < 1.29 is 28.8 Å². The van der Waals surface area contributed by atoms with Gasteiger partial charge in [-0.3, -0.25) is 25.1 Å². The third kappa shape index (κ3) is 4.69. The third-order valence-corrected chi connectivity index (χ3v) is 4.32. The standard InChI is InChI=1S/C21H19N3O7/c1-3-30-21(27)13(2)31-18-10-9-14(12-17(18)24(28)29)11-16-19(25)22-23(20(16)26)15-7-5-4-6-8-15/h4-13H,3H2,1-2H3,(H,22,25). The molecule has 3 rings (SSSR count). The third-order valence-electron chi connectivity index (χ3n) is 4.32. The zero-order valence-corrected chi connectivity index (χ0v) is 16.7. The molecule has 0 bridgehead atoms. The number of carbonyl (C=O) groups excluding carboxylic acids is 3. The molecule has 1 saturated heterocycles. The number of nitrogens with zero attached hydrogens (tertiary/aromatic N) is 2. The first-order chi connectivity index (χ1) is 14.8. The summed E-state index contributed by atoms with van der Waals surface area (Å²) in [4.78, 5) is 47.5. The summed E-state index contributed by atoms with van der Waals surface area (Å²) in [5.41, 5.74) is 2.59. The van der Waals surface area contributed by atoms with Crippen LogP contribution in [0.25, 0.3) is 6.08 Å². The molecule has 10 nitrogen and oxygen atoms in total. The van der Waals surface area contributed by atoms with Crippen molar-refractivity contribution in [3.8, 4) is 5.75 Å². The minimum absolute atomic E-state index is 0.138. The number of benzene rings is 2. The molecule has 2 amide bonds. The first-order valence-electron chi connectivity index (χ1n) is 9.35. The summed E-state index contributed by atoms with van der Waals surface area (Å²) in [6, 6.07) is 12.4. The van der Waals surface area contributed by atoms with Gasteiger partial charge in [0.05, 0.1) is 17.2 Å². The van der Waals surface area contributed by atoms with Crippen molar-refractivity contribution >= 4 is 35.2 Å². The van der Waals surface area contributed by atoms with E-state index in [1.165, 1.54) is 25.1 Å². The van der Waals surface area contributed by atoms with Crippen LogP contribution in [0.3, 0.4) is 0 Å². The zero-order valence-electron chi connectivity index (χ0n) is 16.7. The topological polar surface area (TPSA) is 128 Å². The maximum absolute atomic E-state index is 12.7. The lowest BCUT2D eigenvalue weighted by atomic mass is 10.1. The molecule has 1 fully saturated rings. The average Bonchev–Trinajstić information content (AvgIpc) is 3.03. The summed E-state index contributed by atoms with van der Waals surface area (Å²) >= 11 is 0. The fourth-order valence-corrected chi connectivity index (χ4v) is 2.85. The van der Waals surface area contributed by atoms with Crippen molar-refractivity contribution in [1.29, 1.82) is 0 Å². The highest BCUT2D eigenvalue weighted by Crippen LogP contribution is 2.30. The lowest BCUT2D eigenvalue weighted by Crippen LogP contribution is -2.35. The van der Waals surface area contributed by atoms with E-state index < -0.39 is 34.5 Å². The molecular weight excluding hydrogens is 406 g/mol. The summed E-state index contributed by atoms with van der Waals surface area (Å²) in [5.74, 6) is -2.01. The number of hydrogen-bond donors (Lipinski definition) is 1. The summed E-state index contributed by atoms with van der Waals surface area (Å²) in [5, 5.41) is 12.6. The lowest BCUT2D eigenvalue weighted by Gasteiger charge is -2.14. The number of para-hydroxylation sites is 1. The molecule has 0 aliphatic carbocycles. The minimum atomic E-state index is -1.05. The van der Waals surface area contributed by atoms with Gasteiger partial charge in [0.25, 0.3) is 11.8 Å². The van der Waals surface area contributed by atoms with Gasteiger partial charge in [-0.2, -0.15) is 0 Å². The predicted molar refractivity (Wildman–Crippen MR) is 110 cm³/mol. The first kappa shape index (κ1) is 21.5. The number of hydrogen-bond acceptors (Lipinski definition) is 7. The SMILES string of the molecule is CCOC(=O)C(C)Oc1ccc(C=C2C(=O)NN(c3ccccc3)C2=O)cc1[N+](=O)[O-]. The van der Waals surface area contributed by atoms with Crippen LogP contribution in [-0.4, -0.2) is 35.4 Å². The molecule has 31 heavy (non-hydrogen) atoms. The van der Waals surface area contributed by atoms with E-state index in [0.717, 1.165) is 11.1 Å². The van der Waals surface area contributed by atoms with Crippen molar-refractivity contribution in [1.82, 2.24) is 5.43 Å². The van der Waals surface area contributed by atoms with Gasteiger partial charge in [0.1, 0.15) is 5.57 Å². The maximum Gasteiger partial charge on any atom is 0.347 e. The van der Waals surface area contributed by atoms with Crippen molar-refractivity contribution in [3.63, 3.8) is 0 Å². The largest absolute Gasteiger partial charge is 0.472 e. The first-order valence-corrected chi connectivity index (χ1v) is 9.35. The smallest absolute Gasteiger partial charge is 0.347 e. The van der Waals surface area contributed by atoms with Gasteiger partial charge in [0, 0.05) is 6.07 Å². The summed E-state index contributed by atoms with van der Waals surface area (Å²) in [6.45, 7) is 3.20. The molecule has 0 aromatic heterocycles. The molecule has 160 valence electrons. The van der Waals surface area contributed by atoms with Crippen LogP contribution in [0.2, 0.25) is 0 Å². The van der Waals surface area contributed by atoms with Gasteiger partial charge in [0.2, 0.25) is 0 Å². The second-order valence-corrected chi connectivity index (χ2v) is 6.47. The van der Waals surface area contributed by atoms with Crippen LogP contribution in [0, 0.1) is 10.1 Å². The van der Waals surface area contributed by atoms with E-state index in [1.54, 1.807) is 37.3 Å². The molecule has 0 radical (unpaired) electrons. The second kappa shape index (κ2) is 9.08. The Balaban J connectivity index is 1.88. The number of hydrazine groups is 1. The Bertz CT molecular complexity index is 1070. The highest BCUT2D eigenvalue weighted by atomic mass is 16.6. The Labute approximate surface area is 177 Å². The molecular formula is C21H19N3O7. The van der Waals surface area contributed by atoms with Crippen LogP contribution in [0.4, 0.5) is 11.4 Å². The van der Waals surface area contributed by atoms with Crippen LogP contribution < -0.4 is 15.2 Å². The van der Waals surface area contributed by atoms with E-state index >= 15 is 0 Å². The van der Waals surface area contributed by atoms with Crippen molar-refractivity contribution in [2.45, 2.75) is 20.0 Å². The predicted octanol–water partition coefficient (Wildman–Crippen LogP) is 2.39. The van der Waals surface area contributed by atoms with Crippen molar-refractivity contribution in [2.75, 3.05) is 11.6 Å². The van der Waals surface area contributed by atoms with E-state index in [9.17, 15) is 24.5 Å².